The number of benzene rings is 2. The van der Waals surface area contributed by atoms with Crippen LogP contribution in [0.15, 0.2) is 66.8 Å². The van der Waals surface area contributed by atoms with Crippen molar-refractivity contribution in [3.8, 4) is 17.6 Å². The topological polar surface area (TPSA) is 71.4 Å². The van der Waals surface area contributed by atoms with E-state index in [1.165, 1.54) is 24.0 Å². The van der Waals surface area contributed by atoms with Gasteiger partial charge in [-0.15, -0.1) is 0 Å². The number of hydrogen-bond acceptors (Lipinski definition) is 4. The summed E-state index contributed by atoms with van der Waals surface area (Å²) in [7, 11) is 0. The van der Waals surface area contributed by atoms with Crippen LogP contribution in [-0.4, -0.2) is 18.6 Å². The van der Waals surface area contributed by atoms with Crippen molar-refractivity contribution in [3.63, 3.8) is 0 Å². The minimum Gasteiger partial charge on any atom is -0.493 e. The number of nitriles is 1. The van der Waals surface area contributed by atoms with Crippen LogP contribution in [0, 0.1) is 23.2 Å². The van der Waals surface area contributed by atoms with Gasteiger partial charge in [0.2, 0.25) is 5.91 Å². The zero-order valence-corrected chi connectivity index (χ0v) is 19.8. The molecule has 4 rings (SSSR count). The van der Waals surface area contributed by atoms with Crippen molar-refractivity contribution in [2.24, 2.45) is 11.8 Å². The van der Waals surface area contributed by atoms with Gasteiger partial charge in [-0.25, -0.2) is 0 Å². The molecule has 1 N–H and O–H groups in total. The molecule has 2 atom stereocenters. The van der Waals surface area contributed by atoms with Crippen LogP contribution in [0.3, 0.4) is 0 Å². The van der Waals surface area contributed by atoms with Gasteiger partial charge in [0, 0.05) is 12.1 Å². The number of carbonyl (C=O) groups excluding carboxylic acids is 1. The molecule has 5 heteroatoms. The molecular weight excluding hydrogens is 424 g/mol. The number of ether oxygens (including phenoxy) is 2. The van der Waals surface area contributed by atoms with E-state index in [1.807, 2.05) is 36.4 Å². The monoisotopic (exact) mass is 456 g/mol. The van der Waals surface area contributed by atoms with Crippen LogP contribution in [0.25, 0.3) is 5.70 Å². The van der Waals surface area contributed by atoms with Crippen LogP contribution in [0.5, 0.6) is 11.5 Å². The Hall–Kier alpha value is -3.52. The lowest BCUT2D eigenvalue weighted by molar-refractivity contribution is -0.121. The summed E-state index contributed by atoms with van der Waals surface area (Å²) in [6, 6.07) is 17.9. The number of nitrogens with one attached hydrogen (secondary N) is 1. The summed E-state index contributed by atoms with van der Waals surface area (Å²) in [5, 5.41) is 11.5. The summed E-state index contributed by atoms with van der Waals surface area (Å²) in [6.45, 7) is 6.30. The van der Waals surface area contributed by atoms with Crippen LogP contribution in [0.1, 0.15) is 50.2 Å². The Kier molecular flexibility index (Phi) is 7.69. The molecule has 2 aliphatic carbocycles. The number of carbonyl (C=O) groups is 1. The Morgan fingerprint density at radius 2 is 1.97 bits per heavy atom. The molecule has 2 unspecified atom stereocenters. The van der Waals surface area contributed by atoms with Crippen molar-refractivity contribution in [2.45, 2.75) is 51.6 Å². The summed E-state index contributed by atoms with van der Waals surface area (Å²) in [4.78, 5) is 11.9. The number of amides is 1. The predicted octanol–water partition coefficient (Wildman–Crippen LogP) is 5.82. The molecule has 176 valence electrons. The Balaban J connectivity index is 1.25. The van der Waals surface area contributed by atoms with Crippen molar-refractivity contribution in [1.82, 2.24) is 5.32 Å². The Morgan fingerprint density at radius 1 is 1.18 bits per heavy atom. The zero-order valence-electron chi connectivity index (χ0n) is 19.8. The van der Waals surface area contributed by atoms with E-state index in [4.69, 9.17) is 14.7 Å². The fourth-order valence-electron chi connectivity index (χ4n) is 3.95. The molecule has 2 aromatic carbocycles. The maximum Gasteiger partial charge on any atom is 0.241 e. The van der Waals surface area contributed by atoms with Gasteiger partial charge in [-0.1, -0.05) is 30.4 Å². The van der Waals surface area contributed by atoms with E-state index in [1.54, 1.807) is 6.92 Å². The van der Waals surface area contributed by atoms with Crippen LogP contribution in [0.2, 0.25) is 0 Å². The average Bonchev–Trinajstić information content (AvgIpc) is 3.69. The van der Waals surface area contributed by atoms with E-state index < -0.39 is 5.92 Å². The second-order valence-corrected chi connectivity index (χ2v) is 9.30. The highest BCUT2D eigenvalue weighted by atomic mass is 16.5. The van der Waals surface area contributed by atoms with Crippen LogP contribution in [0.4, 0.5) is 0 Å². The number of rotatable bonds is 10. The molecule has 5 nitrogen and oxygen atoms in total. The highest BCUT2D eigenvalue weighted by molar-refractivity contribution is 5.89. The maximum atomic E-state index is 11.9. The second-order valence-electron chi connectivity index (χ2n) is 9.30. The lowest BCUT2D eigenvalue weighted by atomic mass is 9.92. The van der Waals surface area contributed by atoms with Gasteiger partial charge in [0.05, 0.1) is 12.7 Å². The quantitative estimate of drug-likeness (QED) is 0.457. The highest BCUT2D eigenvalue weighted by Crippen LogP contribution is 2.30. The molecule has 0 saturated heterocycles. The summed E-state index contributed by atoms with van der Waals surface area (Å²) < 4.78 is 12.1. The average molecular weight is 457 g/mol. The summed E-state index contributed by atoms with van der Waals surface area (Å²) in [5.41, 5.74) is 4.02. The smallest absolute Gasteiger partial charge is 0.241 e. The first-order chi connectivity index (χ1) is 16.5. The Bertz CT molecular complexity index is 1090. The molecule has 1 amide bonds. The molecule has 0 bridgehead atoms. The SMILES string of the molecule is C=C(NC(=O)C(C)C#N)c1ccc(OC2CC=C(Cc3cccc(OCC4CC4)c3)CC2)cc1. The van der Waals surface area contributed by atoms with Crippen LogP contribution < -0.4 is 14.8 Å². The molecule has 0 heterocycles. The van der Waals surface area contributed by atoms with Crippen molar-refractivity contribution >= 4 is 11.6 Å². The highest BCUT2D eigenvalue weighted by Gasteiger charge is 2.22. The van der Waals surface area contributed by atoms with Crippen LogP contribution >= 0.6 is 0 Å². The molecule has 34 heavy (non-hydrogen) atoms. The van der Waals surface area contributed by atoms with Crippen LogP contribution in [-0.2, 0) is 11.2 Å². The van der Waals surface area contributed by atoms with Gasteiger partial charge < -0.3 is 14.8 Å². The van der Waals surface area contributed by atoms with Gasteiger partial charge in [0.1, 0.15) is 23.5 Å². The van der Waals surface area contributed by atoms with Gasteiger partial charge >= 0.3 is 0 Å². The van der Waals surface area contributed by atoms with Gasteiger partial charge in [-0.3, -0.25) is 4.79 Å². The third-order valence-corrected chi connectivity index (χ3v) is 6.34. The third-order valence-electron chi connectivity index (χ3n) is 6.34. The first-order valence-electron chi connectivity index (χ1n) is 12.1. The molecule has 2 aromatic rings. The van der Waals surface area contributed by atoms with Gasteiger partial charge in [-0.2, -0.15) is 5.26 Å². The fourth-order valence-corrected chi connectivity index (χ4v) is 3.95. The van der Waals surface area contributed by atoms with E-state index in [2.05, 4.69) is 36.2 Å². The molecule has 0 spiro atoms. The van der Waals surface area contributed by atoms with E-state index in [0.29, 0.717) is 5.70 Å². The Morgan fingerprint density at radius 3 is 2.65 bits per heavy atom. The molecule has 1 saturated carbocycles. The number of nitrogens with zero attached hydrogens (tertiary/aromatic N) is 1. The number of allylic oxidation sites excluding steroid dienone is 1. The van der Waals surface area contributed by atoms with E-state index in [-0.39, 0.29) is 12.0 Å². The van der Waals surface area contributed by atoms with Crippen molar-refractivity contribution in [2.75, 3.05) is 6.61 Å². The van der Waals surface area contributed by atoms with E-state index >= 15 is 0 Å². The summed E-state index contributed by atoms with van der Waals surface area (Å²) in [6.07, 6.45) is 8.93. The minimum atomic E-state index is -0.715. The van der Waals surface area contributed by atoms with Gasteiger partial charge in [0.25, 0.3) is 0 Å². The van der Waals surface area contributed by atoms with Gasteiger partial charge in [0.15, 0.2) is 0 Å². The molecule has 1 fully saturated rings. The standard InChI is InChI=1S/C29H32N2O3/c1-20(18-30)29(32)31-21(2)25-10-14-27(15-11-25)34-26-12-8-22(9-13-26)16-24-4-3-5-28(17-24)33-19-23-6-7-23/h3-5,8,10-11,14-15,17,20,23,26H,2,6-7,9,12-13,16,19H2,1H3,(H,31,32). The predicted molar refractivity (Wildman–Crippen MR) is 133 cm³/mol. The fraction of sp³-hybridized carbons (Fsp3) is 0.379. The molecular formula is C29H32N2O3. The lowest BCUT2D eigenvalue weighted by Crippen LogP contribution is -2.26. The lowest BCUT2D eigenvalue weighted by Gasteiger charge is -2.23. The largest absolute Gasteiger partial charge is 0.493 e. The van der Waals surface area contributed by atoms with Crippen molar-refractivity contribution < 1.29 is 14.3 Å². The van der Waals surface area contributed by atoms with E-state index in [0.717, 1.165) is 55.3 Å². The van der Waals surface area contributed by atoms with Crippen molar-refractivity contribution in [3.05, 3.63) is 77.9 Å². The maximum absolute atomic E-state index is 11.9. The number of hydrogen-bond donors (Lipinski definition) is 1. The summed E-state index contributed by atoms with van der Waals surface area (Å²) >= 11 is 0. The zero-order chi connectivity index (χ0) is 23.9. The Labute approximate surface area is 202 Å². The molecule has 2 aliphatic rings. The minimum absolute atomic E-state index is 0.155. The second kappa shape index (κ2) is 11.1. The summed E-state index contributed by atoms with van der Waals surface area (Å²) in [5.74, 6) is 1.47. The third kappa shape index (κ3) is 6.74. The molecule has 0 aliphatic heterocycles. The molecule has 0 aromatic heterocycles. The van der Waals surface area contributed by atoms with E-state index in [9.17, 15) is 4.79 Å². The van der Waals surface area contributed by atoms with Crippen molar-refractivity contribution in [1.29, 1.82) is 5.26 Å². The normalized spacial score (nSPS) is 18.2. The first kappa shape index (κ1) is 23.6. The first-order valence-corrected chi connectivity index (χ1v) is 12.1. The molecule has 0 radical (unpaired) electrons. The van der Waals surface area contributed by atoms with Gasteiger partial charge in [-0.05, 0) is 92.5 Å².